The Bertz CT molecular complexity index is 286. The van der Waals surface area contributed by atoms with Crippen LogP contribution in [0, 0.1) is 0 Å². The Labute approximate surface area is 103 Å². The summed E-state index contributed by atoms with van der Waals surface area (Å²) in [5.74, 6) is 1.14. The van der Waals surface area contributed by atoms with Crippen molar-refractivity contribution in [3.05, 3.63) is 12.4 Å². The number of hydrogen-bond acceptors (Lipinski definition) is 3. The average Bonchev–Trinajstić information content (AvgIpc) is 2.68. The van der Waals surface area contributed by atoms with Gasteiger partial charge in [-0.15, -0.1) is 11.8 Å². The van der Waals surface area contributed by atoms with Crippen LogP contribution >= 0.6 is 11.8 Å². The van der Waals surface area contributed by atoms with E-state index in [-0.39, 0.29) is 0 Å². The molecule has 0 bridgehead atoms. The van der Waals surface area contributed by atoms with Crippen molar-refractivity contribution < 1.29 is 0 Å². The number of aromatic nitrogens is 2. The van der Waals surface area contributed by atoms with Crippen molar-refractivity contribution in [1.29, 1.82) is 0 Å². The van der Waals surface area contributed by atoms with E-state index in [2.05, 4.69) is 30.5 Å². The largest absolute Gasteiger partial charge is 0.313 e. The van der Waals surface area contributed by atoms with Crippen LogP contribution in [0.4, 0.5) is 0 Å². The zero-order chi connectivity index (χ0) is 11.8. The molecule has 1 N–H and O–H groups in total. The van der Waals surface area contributed by atoms with E-state index in [1.807, 2.05) is 29.7 Å². The molecule has 0 spiro atoms. The van der Waals surface area contributed by atoms with E-state index in [0.717, 1.165) is 12.3 Å². The van der Waals surface area contributed by atoms with E-state index < -0.39 is 0 Å². The molecule has 1 atom stereocenters. The van der Waals surface area contributed by atoms with Gasteiger partial charge in [-0.25, -0.2) is 0 Å². The van der Waals surface area contributed by atoms with Crippen LogP contribution < -0.4 is 5.32 Å². The highest BCUT2D eigenvalue weighted by Gasteiger charge is 2.07. The molecule has 1 heterocycles. The molecule has 1 rings (SSSR count). The first-order valence-electron chi connectivity index (χ1n) is 6.11. The van der Waals surface area contributed by atoms with Crippen molar-refractivity contribution >= 4 is 11.8 Å². The van der Waals surface area contributed by atoms with Gasteiger partial charge >= 0.3 is 0 Å². The summed E-state index contributed by atoms with van der Waals surface area (Å²) in [6.07, 6.45) is 7.72. The molecular weight excluding hydrogens is 218 g/mol. The molecule has 1 aromatic rings. The third kappa shape index (κ3) is 5.03. The summed E-state index contributed by atoms with van der Waals surface area (Å²) in [5.41, 5.74) is 0. The Morgan fingerprint density at radius 2 is 2.25 bits per heavy atom. The highest BCUT2D eigenvalue weighted by atomic mass is 32.2. The normalized spacial score (nSPS) is 12.9. The quantitative estimate of drug-likeness (QED) is 0.710. The lowest BCUT2D eigenvalue weighted by Crippen LogP contribution is -2.31. The molecule has 92 valence electrons. The Morgan fingerprint density at radius 3 is 2.81 bits per heavy atom. The van der Waals surface area contributed by atoms with E-state index in [1.165, 1.54) is 24.2 Å². The minimum Gasteiger partial charge on any atom is -0.313 e. The number of thioether (sulfide) groups is 1. The van der Waals surface area contributed by atoms with Gasteiger partial charge in [0.1, 0.15) is 0 Å². The van der Waals surface area contributed by atoms with Gasteiger partial charge in [0.2, 0.25) is 0 Å². The number of nitrogens with one attached hydrogen (secondary N) is 1. The molecular formula is C12H23N3S. The van der Waals surface area contributed by atoms with Gasteiger partial charge in [0, 0.05) is 29.9 Å². The molecule has 4 heteroatoms. The maximum absolute atomic E-state index is 4.18. The van der Waals surface area contributed by atoms with Crippen LogP contribution in [0.15, 0.2) is 17.3 Å². The molecule has 0 radical (unpaired) electrons. The number of hydrogen-bond donors (Lipinski definition) is 1. The summed E-state index contributed by atoms with van der Waals surface area (Å²) in [7, 11) is 1.96. The molecule has 0 fully saturated rings. The molecule has 16 heavy (non-hydrogen) atoms. The fourth-order valence-corrected chi connectivity index (χ4v) is 2.64. The average molecular weight is 241 g/mol. The van der Waals surface area contributed by atoms with Gasteiger partial charge in [0.25, 0.3) is 0 Å². The first-order chi connectivity index (χ1) is 7.76. The van der Waals surface area contributed by atoms with Crippen LogP contribution in [-0.4, -0.2) is 28.1 Å². The molecule has 0 saturated carbocycles. The number of rotatable bonds is 8. The predicted octanol–water partition coefficient (Wildman–Crippen LogP) is 2.68. The van der Waals surface area contributed by atoms with Gasteiger partial charge in [0.15, 0.2) is 0 Å². The van der Waals surface area contributed by atoms with Gasteiger partial charge in [-0.1, -0.05) is 20.3 Å². The first-order valence-corrected chi connectivity index (χ1v) is 7.09. The molecule has 0 amide bonds. The molecule has 1 unspecified atom stereocenters. The fourth-order valence-electron chi connectivity index (χ4n) is 1.61. The van der Waals surface area contributed by atoms with Crippen molar-refractivity contribution in [2.45, 2.75) is 44.0 Å². The third-order valence-corrected chi connectivity index (χ3v) is 3.57. The molecule has 3 nitrogen and oxygen atoms in total. The molecule has 0 aliphatic rings. The van der Waals surface area contributed by atoms with E-state index in [4.69, 9.17) is 0 Å². The zero-order valence-electron chi connectivity index (χ0n) is 10.6. The second-order valence-corrected chi connectivity index (χ2v) is 5.19. The van der Waals surface area contributed by atoms with Gasteiger partial charge in [-0.3, -0.25) is 4.68 Å². The van der Waals surface area contributed by atoms with E-state index in [9.17, 15) is 0 Å². The second-order valence-electron chi connectivity index (χ2n) is 4.10. The van der Waals surface area contributed by atoms with Crippen molar-refractivity contribution in [3.8, 4) is 0 Å². The number of nitrogens with zero attached hydrogens (tertiary/aromatic N) is 2. The molecule has 0 aromatic carbocycles. The van der Waals surface area contributed by atoms with Gasteiger partial charge in [-0.05, 0) is 19.4 Å². The monoisotopic (exact) mass is 241 g/mol. The van der Waals surface area contributed by atoms with Crippen LogP contribution in [0.25, 0.3) is 0 Å². The van der Waals surface area contributed by atoms with Crippen molar-refractivity contribution in [3.63, 3.8) is 0 Å². The van der Waals surface area contributed by atoms with Gasteiger partial charge < -0.3 is 5.32 Å². The van der Waals surface area contributed by atoms with Crippen molar-refractivity contribution in [2.75, 3.05) is 12.3 Å². The van der Waals surface area contributed by atoms with Crippen LogP contribution in [0.5, 0.6) is 0 Å². The van der Waals surface area contributed by atoms with E-state index in [0.29, 0.717) is 6.04 Å². The summed E-state index contributed by atoms with van der Waals surface area (Å²) < 4.78 is 1.86. The SMILES string of the molecule is CCCNC(CCC)CSc1cnn(C)c1. The molecule has 1 aromatic heterocycles. The highest BCUT2D eigenvalue weighted by Crippen LogP contribution is 2.18. The van der Waals surface area contributed by atoms with Gasteiger partial charge in [0.05, 0.1) is 6.20 Å². The Balaban J connectivity index is 2.30. The predicted molar refractivity (Wildman–Crippen MR) is 70.9 cm³/mol. The maximum Gasteiger partial charge on any atom is 0.0625 e. The first kappa shape index (κ1) is 13.6. The summed E-state index contributed by atoms with van der Waals surface area (Å²) >= 11 is 1.89. The topological polar surface area (TPSA) is 29.9 Å². The van der Waals surface area contributed by atoms with Crippen molar-refractivity contribution in [1.82, 2.24) is 15.1 Å². The van der Waals surface area contributed by atoms with Crippen LogP contribution in [0.1, 0.15) is 33.1 Å². The summed E-state index contributed by atoms with van der Waals surface area (Å²) in [6.45, 7) is 5.58. The van der Waals surface area contributed by atoms with E-state index in [1.54, 1.807) is 0 Å². The molecule has 0 aliphatic heterocycles. The van der Waals surface area contributed by atoms with Crippen LogP contribution in [0.3, 0.4) is 0 Å². The number of aryl methyl sites for hydroxylation is 1. The van der Waals surface area contributed by atoms with Crippen LogP contribution in [-0.2, 0) is 7.05 Å². The second kappa shape index (κ2) is 7.74. The lowest BCUT2D eigenvalue weighted by Gasteiger charge is -2.16. The van der Waals surface area contributed by atoms with E-state index >= 15 is 0 Å². The summed E-state index contributed by atoms with van der Waals surface area (Å²) in [5, 5.41) is 7.78. The zero-order valence-corrected chi connectivity index (χ0v) is 11.4. The third-order valence-electron chi connectivity index (χ3n) is 2.45. The smallest absolute Gasteiger partial charge is 0.0625 e. The molecule has 0 aliphatic carbocycles. The minimum absolute atomic E-state index is 0.634. The Kier molecular flexibility index (Phi) is 6.57. The van der Waals surface area contributed by atoms with Crippen LogP contribution in [0.2, 0.25) is 0 Å². The minimum atomic E-state index is 0.634. The van der Waals surface area contributed by atoms with Crippen molar-refractivity contribution in [2.24, 2.45) is 7.05 Å². The lowest BCUT2D eigenvalue weighted by molar-refractivity contribution is 0.514. The summed E-state index contributed by atoms with van der Waals surface area (Å²) in [4.78, 5) is 1.27. The Morgan fingerprint density at radius 1 is 1.44 bits per heavy atom. The fraction of sp³-hybridized carbons (Fsp3) is 0.750. The van der Waals surface area contributed by atoms with Gasteiger partial charge in [-0.2, -0.15) is 5.10 Å². The summed E-state index contributed by atoms with van der Waals surface area (Å²) in [6, 6.07) is 0.634. The highest BCUT2D eigenvalue weighted by molar-refractivity contribution is 7.99. The lowest BCUT2D eigenvalue weighted by atomic mass is 10.2. The Hall–Kier alpha value is -0.480. The standard InChI is InChI=1S/C12H23N3S/c1-4-6-11(13-7-5-2)10-16-12-8-14-15(3)9-12/h8-9,11,13H,4-7,10H2,1-3H3. The molecule has 0 saturated heterocycles. The maximum atomic E-state index is 4.18.